The first-order valence-electron chi connectivity index (χ1n) is 17.8. The van der Waals surface area contributed by atoms with E-state index >= 15 is 0 Å². The Labute approximate surface area is 304 Å². The molecule has 11 heteroatoms. The van der Waals surface area contributed by atoms with E-state index in [9.17, 15) is 24.9 Å². The molecule has 0 spiro atoms. The van der Waals surface area contributed by atoms with Gasteiger partial charge in [0, 0.05) is 44.5 Å². The van der Waals surface area contributed by atoms with Crippen LogP contribution in [0.4, 0.5) is 0 Å². The standard InChI is InChI=1S/C41H49N3O8/c1-44(26-37(47)32-9-7-10-34(46)22-32)25-35-23-38(30-16-14-28(27-45)15-17-30)52-41(51-35)31-20-18-29(19-21-31)36-11-6-5-8-33(36)24-42-39(48)12-3-2-4-13-40(49)43-50/h5-11,14-22,35,37-38,41,45-47,50H,2-4,12-13,23-27H2,1H3,(H,42,48)(H,43,49). The zero-order chi connectivity index (χ0) is 36.9. The number of aliphatic hydroxyl groups excluding tert-OH is 2. The molecule has 2 amide bonds. The predicted molar refractivity (Wildman–Crippen MR) is 196 cm³/mol. The van der Waals surface area contributed by atoms with E-state index in [0.29, 0.717) is 50.9 Å². The van der Waals surface area contributed by atoms with Crippen molar-refractivity contribution in [3.05, 3.63) is 125 Å². The van der Waals surface area contributed by atoms with Gasteiger partial charge in [-0.1, -0.05) is 91.3 Å². The van der Waals surface area contributed by atoms with Gasteiger partial charge in [0.1, 0.15) is 5.75 Å². The Hall–Kier alpha value is -4.62. The third-order valence-electron chi connectivity index (χ3n) is 9.29. The summed E-state index contributed by atoms with van der Waals surface area (Å²) in [4.78, 5) is 25.7. The number of phenolic OH excluding ortho intramolecular Hbond substituents is 1. The molecule has 11 nitrogen and oxygen atoms in total. The van der Waals surface area contributed by atoms with Crippen LogP contribution in [-0.2, 0) is 32.2 Å². The number of amides is 2. The number of carbonyl (C=O) groups is 2. The lowest BCUT2D eigenvalue weighted by atomic mass is 9.97. The Morgan fingerprint density at radius 3 is 2.29 bits per heavy atom. The van der Waals surface area contributed by atoms with Crippen LogP contribution in [0.15, 0.2) is 97.1 Å². The molecule has 4 unspecified atom stereocenters. The fourth-order valence-corrected chi connectivity index (χ4v) is 6.45. The third kappa shape index (κ3) is 11.2. The fraction of sp³-hybridized carbons (Fsp3) is 0.366. The van der Waals surface area contributed by atoms with Crippen LogP contribution in [0.3, 0.4) is 0 Å². The van der Waals surface area contributed by atoms with Gasteiger partial charge in [-0.25, -0.2) is 5.48 Å². The largest absolute Gasteiger partial charge is 0.508 e. The Bertz CT molecular complexity index is 1730. The minimum absolute atomic E-state index is 0.0383. The average Bonchev–Trinajstić information content (AvgIpc) is 3.16. The van der Waals surface area contributed by atoms with Gasteiger partial charge in [0.15, 0.2) is 6.29 Å². The molecular formula is C41H49N3O8. The first-order valence-corrected chi connectivity index (χ1v) is 17.8. The first kappa shape index (κ1) is 38.6. The third-order valence-corrected chi connectivity index (χ3v) is 9.29. The second-order valence-electron chi connectivity index (χ2n) is 13.3. The number of hydrogen-bond donors (Lipinski definition) is 6. The van der Waals surface area contributed by atoms with Crippen molar-refractivity contribution < 1.29 is 39.6 Å². The van der Waals surface area contributed by atoms with E-state index in [1.54, 1.807) is 29.7 Å². The maximum absolute atomic E-state index is 12.5. The second kappa shape index (κ2) is 19.3. The number of aliphatic hydroxyl groups is 2. The minimum atomic E-state index is -0.780. The van der Waals surface area contributed by atoms with Crippen molar-refractivity contribution in [2.75, 3.05) is 20.1 Å². The molecule has 4 aromatic rings. The van der Waals surface area contributed by atoms with Crippen molar-refractivity contribution in [3.8, 4) is 16.9 Å². The molecule has 1 aliphatic rings. The quantitative estimate of drug-likeness (QED) is 0.0450. The van der Waals surface area contributed by atoms with E-state index in [-0.39, 0.29) is 36.9 Å². The zero-order valence-electron chi connectivity index (χ0n) is 29.5. The van der Waals surface area contributed by atoms with Gasteiger partial charge in [0.25, 0.3) is 0 Å². The highest BCUT2D eigenvalue weighted by atomic mass is 16.7. The number of hydroxylamine groups is 1. The second-order valence-corrected chi connectivity index (χ2v) is 13.3. The van der Waals surface area contributed by atoms with Gasteiger partial charge in [-0.05, 0) is 65.4 Å². The van der Waals surface area contributed by atoms with Gasteiger partial charge in [-0.3, -0.25) is 14.8 Å². The summed E-state index contributed by atoms with van der Waals surface area (Å²) in [7, 11) is 1.93. The number of rotatable bonds is 17. The summed E-state index contributed by atoms with van der Waals surface area (Å²) < 4.78 is 13.1. The van der Waals surface area contributed by atoms with Gasteiger partial charge in [-0.2, -0.15) is 0 Å². The highest BCUT2D eigenvalue weighted by Crippen LogP contribution is 2.39. The van der Waals surface area contributed by atoms with Crippen LogP contribution < -0.4 is 10.8 Å². The van der Waals surface area contributed by atoms with E-state index in [2.05, 4.69) is 5.32 Å². The van der Waals surface area contributed by atoms with Crippen molar-refractivity contribution in [2.45, 2.75) is 76.3 Å². The molecule has 276 valence electrons. The molecular weight excluding hydrogens is 662 g/mol. The molecule has 0 saturated carbocycles. The molecule has 0 aliphatic carbocycles. The number of nitrogens with zero attached hydrogens (tertiary/aromatic N) is 1. The topological polar surface area (TPSA) is 161 Å². The molecule has 6 N–H and O–H groups in total. The fourth-order valence-electron chi connectivity index (χ4n) is 6.45. The van der Waals surface area contributed by atoms with Gasteiger partial charge < -0.3 is 35.0 Å². The van der Waals surface area contributed by atoms with Crippen molar-refractivity contribution in [1.82, 2.24) is 15.7 Å². The van der Waals surface area contributed by atoms with E-state index in [4.69, 9.17) is 14.7 Å². The summed E-state index contributed by atoms with van der Waals surface area (Å²) in [6.07, 6.45) is 1.27. The van der Waals surface area contributed by atoms with Gasteiger partial charge >= 0.3 is 0 Å². The molecule has 52 heavy (non-hydrogen) atoms. The molecule has 1 heterocycles. The van der Waals surface area contributed by atoms with Crippen LogP contribution in [0.2, 0.25) is 0 Å². The van der Waals surface area contributed by atoms with Gasteiger partial charge in [0.05, 0.1) is 24.9 Å². The number of nitrogens with one attached hydrogen (secondary N) is 2. The van der Waals surface area contributed by atoms with Crippen LogP contribution in [0.5, 0.6) is 5.75 Å². The summed E-state index contributed by atoms with van der Waals surface area (Å²) >= 11 is 0. The number of carbonyl (C=O) groups excluding carboxylic acids is 2. The molecule has 1 aliphatic heterocycles. The summed E-state index contributed by atoms with van der Waals surface area (Å²) in [6.45, 7) is 1.23. The summed E-state index contributed by atoms with van der Waals surface area (Å²) in [5.74, 6) is -0.369. The lowest BCUT2D eigenvalue weighted by Gasteiger charge is -2.38. The van der Waals surface area contributed by atoms with Crippen molar-refractivity contribution in [3.63, 3.8) is 0 Å². The minimum Gasteiger partial charge on any atom is -0.508 e. The predicted octanol–water partition coefficient (Wildman–Crippen LogP) is 5.83. The van der Waals surface area contributed by atoms with Crippen molar-refractivity contribution >= 4 is 11.8 Å². The van der Waals surface area contributed by atoms with E-state index < -0.39 is 18.3 Å². The number of aromatic hydroxyl groups is 1. The summed E-state index contributed by atoms with van der Waals surface area (Å²) in [5.41, 5.74) is 7.89. The number of hydrogen-bond acceptors (Lipinski definition) is 9. The molecule has 4 atom stereocenters. The first-order chi connectivity index (χ1) is 25.2. The van der Waals surface area contributed by atoms with Crippen LogP contribution in [0, 0.1) is 0 Å². The Balaban J connectivity index is 1.24. The lowest BCUT2D eigenvalue weighted by Crippen LogP contribution is -2.39. The average molecular weight is 712 g/mol. The highest BCUT2D eigenvalue weighted by Gasteiger charge is 2.33. The normalized spacial score (nSPS) is 17.8. The van der Waals surface area contributed by atoms with E-state index in [0.717, 1.165) is 39.8 Å². The lowest BCUT2D eigenvalue weighted by molar-refractivity contribution is -0.252. The number of ether oxygens (including phenoxy) is 2. The Morgan fingerprint density at radius 2 is 1.58 bits per heavy atom. The van der Waals surface area contributed by atoms with E-state index in [1.807, 2.05) is 84.7 Å². The van der Waals surface area contributed by atoms with Gasteiger partial charge in [0.2, 0.25) is 11.8 Å². The summed E-state index contributed by atoms with van der Waals surface area (Å²) in [5, 5.41) is 41.9. The zero-order valence-corrected chi connectivity index (χ0v) is 29.5. The number of unbranched alkanes of at least 4 members (excludes halogenated alkanes) is 2. The smallest absolute Gasteiger partial charge is 0.243 e. The van der Waals surface area contributed by atoms with Crippen LogP contribution in [0.1, 0.15) is 84.8 Å². The maximum atomic E-state index is 12.5. The molecule has 0 bridgehead atoms. The van der Waals surface area contributed by atoms with Crippen LogP contribution in [0.25, 0.3) is 11.1 Å². The van der Waals surface area contributed by atoms with Crippen LogP contribution >= 0.6 is 0 Å². The number of phenols is 1. The van der Waals surface area contributed by atoms with Crippen molar-refractivity contribution in [1.29, 1.82) is 0 Å². The number of likely N-dealkylation sites (N-methyl/N-ethyl adjacent to an activating group) is 1. The molecule has 0 aromatic heterocycles. The molecule has 0 radical (unpaired) electrons. The SMILES string of the molecule is CN(CC1CC(c2ccc(CO)cc2)OC(c2ccc(-c3ccccc3CNC(=O)CCCCCC(=O)NO)cc2)O1)CC(O)c1cccc(O)c1. The van der Waals surface area contributed by atoms with Gasteiger partial charge in [-0.15, -0.1) is 0 Å². The molecule has 5 rings (SSSR count). The number of benzene rings is 4. The molecule has 1 fully saturated rings. The Kier molecular flexibility index (Phi) is 14.3. The maximum Gasteiger partial charge on any atom is 0.243 e. The van der Waals surface area contributed by atoms with Crippen LogP contribution in [-0.4, -0.2) is 63.5 Å². The van der Waals surface area contributed by atoms with Crippen molar-refractivity contribution in [2.24, 2.45) is 0 Å². The monoisotopic (exact) mass is 711 g/mol. The highest BCUT2D eigenvalue weighted by molar-refractivity contribution is 5.76. The molecule has 4 aromatic carbocycles. The van der Waals surface area contributed by atoms with E-state index in [1.165, 1.54) is 0 Å². The Morgan fingerprint density at radius 1 is 0.865 bits per heavy atom. The summed E-state index contributed by atoms with van der Waals surface area (Å²) in [6, 6.07) is 30.4. The molecule has 1 saturated heterocycles.